The molecule has 0 aliphatic carbocycles. The van der Waals surface area contributed by atoms with E-state index in [-0.39, 0.29) is 11.8 Å². The average molecular weight is 350 g/mol. The zero-order valence-electron chi connectivity index (χ0n) is 14.5. The molecule has 1 aliphatic heterocycles. The van der Waals surface area contributed by atoms with Crippen LogP contribution in [0.15, 0.2) is 49.1 Å². The Morgan fingerprint density at radius 2 is 2.12 bits per heavy atom. The van der Waals surface area contributed by atoms with Crippen LogP contribution in [0.4, 0.5) is 5.82 Å². The molecule has 0 saturated heterocycles. The fraction of sp³-hybridized carbons (Fsp3) is 0.211. The summed E-state index contributed by atoms with van der Waals surface area (Å²) < 4.78 is 12.6. The van der Waals surface area contributed by atoms with Crippen molar-refractivity contribution in [2.24, 2.45) is 0 Å². The van der Waals surface area contributed by atoms with E-state index in [2.05, 4.69) is 15.3 Å². The van der Waals surface area contributed by atoms with E-state index in [0.717, 1.165) is 16.9 Å². The molecule has 1 N–H and O–H groups in total. The van der Waals surface area contributed by atoms with Gasteiger partial charge >= 0.3 is 0 Å². The maximum Gasteiger partial charge on any atom is 0.226 e. The van der Waals surface area contributed by atoms with Gasteiger partial charge in [0, 0.05) is 30.8 Å². The highest BCUT2D eigenvalue weighted by atomic mass is 16.5. The third-order valence-corrected chi connectivity index (χ3v) is 4.51. The van der Waals surface area contributed by atoms with E-state index >= 15 is 0 Å². The van der Waals surface area contributed by atoms with Crippen LogP contribution in [0.5, 0.6) is 11.5 Å². The van der Waals surface area contributed by atoms with Crippen LogP contribution in [-0.4, -0.2) is 34.7 Å². The maximum absolute atomic E-state index is 12.3. The van der Waals surface area contributed by atoms with Gasteiger partial charge in [0.05, 0.1) is 25.6 Å². The summed E-state index contributed by atoms with van der Waals surface area (Å²) in [6, 6.07) is 9.34. The van der Waals surface area contributed by atoms with Crippen molar-refractivity contribution in [3.05, 3.63) is 60.3 Å². The number of pyridine rings is 1. The van der Waals surface area contributed by atoms with Crippen molar-refractivity contribution < 1.29 is 14.3 Å². The number of carbonyl (C=O) groups excluding carboxylic acids is 1. The highest BCUT2D eigenvalue weighted by Crippen LogP contribution is 2.39. The number of nitrogens with one attached hydrogen (secondary N) is 1. The van der Waals surface area contributed by atoms with Gasteiger partial charge in [-0.25, -0.2) is 4.98 Å². The number of ether oxygens (including phenoxy) is 2. The molecule has 1 aromatic carbocycles. The lowest BCUT2D eigenvalue weighted by molar-refractivity contribution is -0.116. The van der Waals surface area contributed by atoms with Crippen LogP contribution in [-0.2, 0) is 4.79 Å². The van der Waals surface area contributed by atoms with Crippen LogP contribution in [0.25, 0.3) is 5.69 Å². The van der Waals surface area contributed by atoms with E-state index in [1.165, 1.54) is 0 Å². The minimum Gasteiger partial charge on any atom is -0.497 e. The lowest BCUT2D eigenvalue weighted by atomic mass is 9.91. The minimum atomic E-state index is -0.127. The SMILES string of the molecule is COc1ccc(-n2cnc3c2NC(=O)C[C@@H]3c2cccnc2)c(OC)c1. The smallest absolute Gasteiger partial charge is 0.226 e. The lowest BCUT2D eigenvalue weighted by Gasteiger charge is -2.23. The van der Waals surface area contributed by atoms with Crippen molar-refractivity contribution in [2.75, 3.05) is 19.5 Å². The number of aromatic nitrogens is 3. The third-order valence-electron chi connectivity index (χ3n) is 4.51. The van der Waals surface area contributed by atoms with E-state index in [4.69, 9.17) is 9.47 Å². The Kier molecular flexibility index (Phi) is 4.04. The van der Waals surface area contributed by atoms with E-state index in [0.29, 0.717) is 23.7 Å². The second-order valence-corrected chi connectivity index (χ2v) is 5.98. The molecule has 26 heavy (non-hydrogen) atoms. The molecule has 0 saturated carbocycles. The van der Waals surface area contributed by atoms with E-state index in [1.54, 1.807) is 39.0 Å². The number of rotatable bonds is 4. The van der Waals surface area contributed by atoms with E-state index < -0.39 is 0 Å². The Morgan fingerprint density at radius 3 is 2.85 bits per heavy atom. The number of imidazole rings is 1. The van der Waals surface area contributed by atoms with E-state index in [9.17, 15) is 4.79 Å². The van der Waals surface area contributed by atoms with Gasteiger partial charge in [-0.1, -0.05) is 6.07 Å². The van der Waals surface area contributed by atoms with Gasteiger partial charge < -0.3 is 14.8 Å². The van der Waals surface area contributed by atoms with Gasteiger partial charge in [0.1, 0.15) is 23.6 Å². The van der Waals surface area contributed by atoms with Crippen molar-refractivity contribution in [1.29, 1.82) is 0 Å². The average Bonchev–Trinajstić information content (AvgIpc) is 3.11. The first kappa shape index (κ1) is 16.1. The van der Waals surface area contributed by atoms with Crippen molar-refractivity contribution in [2.45, 2.75) is 12.3 Å². The van der Waals surface area contributed by atoms with Gasteiger partial charge in [-0.2, -0.15) is 0 Å². The van der Waals surface area contributed by atoms with Gasteiger partial charge in [-0.05, 0) is 23.8 Å². The molecule has 132 valence electrons. The molecule has 0 unspecified atom stereocenters. The number of fused-ring (bicyclic) bond motifs is 1. The molecule has 0 bridgehead atoms. The topological polar surface area (TPSA) is 78.3 Å². The number of benzene rings is 1. The zero-order chi connectivity index (χ0) is 18.1. The Balaban J connectivity index is 1.83. The summed E-state index contributed by atoms with van der Waals surface area (Å²) in [5.41, 5.74) is 2.56. The largest absolute Gasteiger partial charge is 0.497 e. The second-order valence-electron chi connectivity index (χ2n) is 5.98. The standard InChI is InChI=1S/C19H18N4O3/c1-25-13-5-6-15(16(8-13)26-2)23-11-21-18-14(9-17(24)22-19(18)23)12-4-3-7-20-10-12/h3-8,10-11,14H,9H2,1-2H3,(H,22,24)/t14-/m1/s1. The maximum atomic E-state index is 12.3. The summed E-state index contributed by atoms with van der Waals surface area (Å²) in [6.45, 7) is 0. The molecule has 1 aliphatic rings. The molecule has 3 aromatic rings. The summed E-state index contributed by atoms with van der Waals surface area (Å²) in [4.78, 5) is 21.1. The predicted octanol–water partition coefficient (Wildman–Crippen LogP) is 2.76. The molecule has 1 amide bonds. The van der Waals surface area contributed by atoms with Gasteiger partial charge in [0.2, 0.25) is 5.91 Å². The number of nitrogens with zero attached hydrogens (tertiary/aromatic N) is 3. The van der Waals surface area contributed by atoms with Crippen molar-refractivity contribution in [3.63, 3.8) is 0 Å². The Labute approximate surface area is 150 Å². The fourth-order valence-electron chi connectivity index (χ4n) is 3.23. The van der Waals surface area contributed by atoms with Crippen LogP contribution in [0.1, 0.15) is 23.6 Å². The van der Waals surface area contributed by atoms with Gasteiger partial charge in [0.15, 0.2) is 0 Å². The van der Waals surface area contributed by atoms with Crippen LogP contribution >= 0.6 is 0 Å². The third kappa shape index (κ3) is 2.67. The molecule has 1 atom stereocenters. The first-order valence-electron chi connectivity index (χ1n) is 8.20. The van der Waals surface area contributed by atoms with E-state index in [1.807, 2.05) is 28.8 Å². The van der Waals surface area contributed by atoms with Gasteiger partial charge in [-0.3, -0.25) is 14.3 Å². The number of carbonyl (C=O) groups is 1. The minimum absolute atomic E-state index is 0.0550. The molecule has 2 aromatic heterocycles. The Bertz CT molecular complexity index is 953. The molecular weight excluding hydrogens is 332 g/mol. The Morgan fingerprint density at radius 1 is 1.23 bits per heavy atom. The summed E-state index contributed by atoms with van der Waals surface area (Å²) in [6.07, 6.45) is 5.54. The molecule has 7 heteroatoms. The number of amides is 1. The summed E-state index contributed by atoms with van der Waals surface area (Å²) in [5, 5.41) is 2.94. The predicted molar refractivity (Wildman–Crippen MR) is 96.0 cm³/mol. The fourth-order valence-corrected chi connectivity index (χ4v) is 3.23. The number of hydrogen-bond acceptors (Lipinski definition) is 5. The van der Waals surface area contributed by atoms with Crippen LogP contribution < -0.4 is 14.8 Å². The normalized spacial score (nSPS) is 15.9. The summed E-state index contributed by atoms with van der Waals surface area (Å²) >= 11 is 0. The number of methoxy groups -OCH3 is 2. The first-order valence-corrected chi connectivity index (χ1v) is 8.20. The highest BCUT2D eigenvalue weighted by molar-refractivity contribution is 5.94. The summed E-state index contributed by atoms with van der Waals surface area (Å²) in [5.74, 6) is 1.79. The zero-order valence-corrected chi connectivity index (χ0v) is 14.5. The van der Waals surface area contributed by atoms with Crippen molar-refractivity contribution in [1.82, 2.24) is 14.5 Å². The molecule has 0 radical (unpaired) electrons. The highest BCUT2D eigenvalue weighted by Gasteiger charge is 2.31. The summed E-state index contributed by atoms with van der Waals surface area (Å²) in [7, 11) is 3.20. The lowest BCUT2D eigenvalue weighted by Crippen LogP contribution is -2.25. The first-order chi connectivity index (χ1) is 12.7. The number of anilines is 1. The molecular formula is C19H18N4O3. The van der Waals surface area contributed by atoms with Crippen LogP contribution in [0.3, 0.4) is 0 Å². The van der Waals surface area contributed by atoms with Crippen LogP contribution in [0.2, 0.25) is 0 Å². The molecule has 4 rings (SSSR count). The molecule has 3 heterocycles. The van der Waals surface area contributed by atoms with Crippen molar-refractivity contribution in [3.8, 4) is 17.2 Å². The monoisotopic (exact) mass is 350 g/mol. The van der Waals surface area contributed by atoms with Crippen LogP contribution in [0, 0.1) is 0 Å². The quantitative estimate of drug-likeness (QED) is 0.783. The molecule has 7 nitrogen and oxygen atoms in total. The van der Waals surface area contributed by atoms with Gasteiger partial charge in [0.25, 0.3) is 0 Å². The number of hydrogen-bond donors (Lipinski definition) is 1. The van der Waals surface area contributed by atoms with Crippen molar-refractivity contribution >= 4 is 11.7 Å². The molecule has 0 fully saturated rings. The molecule has 0 spiro atoms. The van der Waals surface area contributed by atoms with Gasteiger partial charge in [-0.15, -0.1) is 0 Å². The second kappa shape index (κ2) is 6.51. The Hall–Kier alpha value is -3.35.